The highest BCUT2D eigenvalue weighted by Crippen LogP contribution is 2.26. The number of methoxy groups -OCH3 is 1. The van der Waals surface area contributed by atoms with Crippen LogP contribution < -0.4 is 16.8 Å². The van der Waals surface area contributed by atoms with Crippen LogP contribution in [0.25, 0.3) is 10.8 Å². The smallest absolute Gasteiger partial charge is 0.242 e. The van der Waals surface area contributed by atoms with Gasteiger partial charge in [-0.25, -0.2) is 4.99 Å². The molecule has 0 aromatic heterocycles. The number of aliphatic imine (C=N–C) groups is 1. The highest BCUT2D eigenvalue weighted by molar-refractivity contribution is 6.30. The number of amides is 1. The third kappa shape index (κ3) is 7.89. The molecule has 1 amide bonds. The molecule has 1 aliphatic heterocycles. The molecule has 11 heteroatoms. The van der Waals surface area contributed by atoms with Crippen LogP contribution in [0.2, 0.25) is 5.02 Å². The number of nitrogens with zero attached hydrogens (tertiary/aromatic N) is 1. The zero-order valence-electron chi connectivity index (χ0n) is 21.5. The Hall–Kier alpha value is -3.25. The number of nitrogens with one attached hydrogen (secondary N) is 1. The number of guanidine groups is 1. The maximum atomic E-state index is 12.6. The highest BCUT2D eigenvalue weighted by atomic mass is 35.5. The Morgan fingerprint density at radius 1 is 1.05 bits per heavy atom. The lowest BCUT2D eigenvalue weighted by Crippen LogP contribution is -2.65. The van der Waals surface area contributed by atoms with Gasteiger partial charge in [-0.1, -0.05) is 60.1 Å². The summed E-state index contributed by atoms with van der Waals surface area (Å²) in [7, 11) is 1.44. The summed E-state index contributed by atoms with van der Waals surface area (Å²) in [6, 6.07) is 20.4. The average Bonchev–Trinajstić information content (AvgIpc) is 2.93. The van der Waals surface area contributed by atoms with E-state index in [0.717, 1.165) is 21.9 Å². The van der Waals surface area contributed by atoms with E-state index in [0.29, 0.717) is 11.6 Å². The van der Waals surface area contributed by atoms with Crippen LogP contribution in [0, 0.1) is 0 Å². The molecule has 6 N–H and O–H groups in total. The van der Waals surface area contributed by atoms with Gasteiger partial charge < -0.3 is 40.8 Å². The first-order valence-electron chi connectivity index (χ1n) is 12.5. The van der Waals surface area contributed by atoms with Crippen LogP contribution in [-0.4, -0.2) is 67.9 Å². The number of aliphatic hydroxyl groups excluding tert-OH is 1. The fourth-order valence-corrected chi connectivity index (χ4v) is 4.53. The molecule has 5 atom stereocenters. The normalized spacial score (nSPS) is 22.9. The topological polar surface area (TPSA) is 151 Å². The summed E-state index contributed by atoms with van der Waals surface area (Å²) < 4.78 is 23.7. The second-order valence-electron chi connectivity index (χ2n) is 9.20. The van der Waals surface area contributed by atoms with E-state index in [2.05, 4.69) is 10.3 Å². The second-order valence-corrected chi connectivity index (χ2v) is 9.64. The Bertz CT molecular complexity index is 1270. The molecular weight excluding hydrogens is 524 g/mol. The van der Waals surface area contributed by atoms with Crippen molar-refractivity contribution >= 4 is 34.2 Å². The van der Waals surface area contributed by atoms with Crippen LogP contribution in [0.4, 0.5) is 0 Å². The van der Waals surface area contributed by atoms with E-state index in [1.165, 1.54) is 7.11 Å². The summed E-state index contributed by atoms with van der Waals surface area (Å²) in [5.74, 6) is -0.696. The fourth-order valence-electron chi connectivity index (χ4n) is 4.41. The predicted octanol–water partition coefficient (Wildman–Crippen LogP) is 2.09. The Morgan fingerprint density at radius 3 is 2.49 bits per heavy atom. The van der Waals surface area contributed by atoms with Gasteiger partial charge in [-0.2, -0.15) is 0 Å². The maximum absolute atomic E-state index is 12.6. The number of hydrogen-bond donors (Lipinski definition) is 4. The summed E-state index contributed by atoms with van der Waals surface area (Å²) in [6.45, 7) is 0.258. The number of hydrogen-bond acceptors (Lipinski definition) is 7. The van der Waals surface area contributed by atoms with Crippen molar-refractivity contribution in [3.63, 3.8) is 0 Å². The Kier molecular flexibility index (Phi) is 10.1. The monoisotopic (exact) mass is 556 g/mol. The molecule has 1 fully saturated rings. The SMILES string of the molecule is CO[C@H]1[C@H](O)[C@@H](COCc2ccc(Cl)cc2)OC(OCc2ccc3ccccc3c2)[C@@H]1NC(=O)CN=C(N)N. The number of rotatable bonds is 11. The minimum Gasteiger partial charge on any atom is -0.388 e. The van der Waals surface area contributed by atoms with E-state index in [9.17, 15) is 9.90 Å². The molecule has 1 heterocycles. The van der Waals surface area contributed by atoms with Gasteiger partial charge in [-0.3, -0.25) is 4.79 Å². The van der Waals surface area contributed by atoms with Crippen LogP contribution in [0.3, 0.4) is 0 Å². The largest absolute Gasteiger partial charge is 0.388 e. The Labute approximate surface area is 231 Å². The van der Waals surface area contributed by atoms with E-state index in [-0.39, 0.29) is 25.7 Å². The molecule has 0 saturated carbocycles. The average molecular weight is 557 g/mol. The van der Waals surface area contributed by atoms with Crippen LogP contribution in [0.5, 0.6) is 0 Å². The lowest BCUT2D eigenvalue weighted by molar-refractivity contribution is -0.279. The molecule has 0 spiro atoms. The van der Waals surface area contributed by atoms with Gasteiger partial charge in [0.15, 0.2) is 12.2 Å². The van der Waals surface area contributed by atoms with E-state index in [4.69, 9.17) is 42.0 Å². The third-order valence-corrected chi connectivity index (χ3v) is 6.62. The molecule has 1 unspecified atom stereocenters. The lowest BCUT2D eigenvalue weighted by Gasteiger charge is -2.44. The van der Waals surface area contributed by atoms with Crippen molar-refractivity contribution in [1.82, 2.24) is 5.32 Å². The summed E-state index contributed by atoms with van der Waals surface area (Å²) in [4.78, 5) is 16.3. The molecule has 39 heavy (non-hydrogen) atoms. The van der Waals surface area contributed by atoms with Crippen LogP contribution in [0.15, 0.2) is 71.7 Å². The molecule has 0 aliphatic carbocycles. The Balaban J connectivity index is 1.48. The molecule has 10 nitrogen and oxygen atoms in total. The Morgan fingerprint density at radius 2 is 1.77 bits per heavy atom. The van der Waals surface area contributed by atoms with E-state index in [1.54, 1.807) is 12.1 Å². The van der Waals surface area contributed by atoms with Crippen molar-refractivity contribution in [2.24, 2.45) is 16.5 Å². The highest BCUT2D eigenvalue weighted by Gasteiger charge is 2.47. The van der Waals surface area contributed by atoms with Gasteiger partial charge in [0.25, 0.3) is 0 Å². The number of halogens is 1. The van der Waals surface area contributed by atoms with Crippen LogP contribution in [-0.2, 0) is 37.0 Å². The van der Waals surface area contributed by atoms with Gasteiger partial charge in [-0.15, -0.1) is 0 Å². The number of ether oxygens (including phenoxy) is 4. The molecule has 1 saturated heterocycles. The summed E-state index contributed by atoms with van der Waals surface area (Å²) in [5, 5.41) is 16.7. The van der Waals surface area contributed by atoms with Gasteiger partial charge in [0, 0.05) is 12.1 Å². The molecule has 0 radical (unpaired) electrons. The van der Waals surface area contributed by atoms with Crippen molar-refractivity contribution in [2.75, 3.05) is 20.3 Å². The number of fused-ring (bicyclic) bond motifs is 1. The van der Waals surface area contributed by atoms with Gasteiger partial charge in [0.2, 0.25) is 5.91 Å². The zero-order valence-corrected chi connectivity index (χ0v) is 22.3. The third-order valence-electron chi connectivity index (χ3n) is 6.37. The summed E-state index contributed by atoms with van der Waals surface area (Å²) in [6.07, 6.45) is -3.71. The quantitative estimate of drug-likeness (QED) is 0.207. The predicted molar refractivity (Wildman–Crippen MR) is 148 cm³/mol. The lowest BCUT2D eigenvalue weighted by atomic mass is 9.96. The number of carbonyl (C=O) groups excluding carboxylic acids is 1. The van der Waals surface area contributed by atoms with Gasteiger partial charge >= 0.3 is 0 Å². The molecule has 208 valence electrons. The molecular formula is C28H33ClN4O6. The van der Waals surface area contributed by atoms with Gasteiger partial charge in [0.1, 0.15) is 30.9 Å². The van der Waals surface area contributed by atoms with Crippen molar-refractivity contribution < 1.29 is 28.8 Å². The van der Waals surface area contributed by atoms with E-state index >= 15 is 0 Å². The molecule has 0 bridgehead atoms. The number of benzene rings is 3. The molecule has 3 aromatic rings. The number of nitrogens with two attached hydrogens (primary N) is 2. The first-order valence-corrected chi connectivity index (χ1v) is 12.8. The molecule has 3 aromatic carbocycles. The van der Waals surface area contributed by atoms with Crippen molar-refractivity contribution in [2.45, 2.75) is 43.9 Å². The summed E-state index contributed by atoms with van der Waals surface area (Å²) >= 11 is 5.95. The first kappa shape index (κ1) is 28.8. The van der Waals surface area contributed by atoms with E-state index in [1.807, 2.05) is 54.6 Å². The standard InChI is InChI=1S/C28H33ClN4O6/c1-36-26-24(33-23(34)13-32-28(30)31)27(38-15-18-6-9-19-4-2-3-5-20(19)12-18)39-22(25(26)35)16-37-14-17-7-10-21(29)11-8-17/h2-12,22,24-27,35H,13-16H2,1H3,(H,33,34)(H4,30,31,32)/t22-,24-,25-,26-,27?/m1/s1. The van der Waals surface area contributed by atoms with E-state index < -0.39 is 36.6 Å². The van der Waals surface area contributed by atoms with Gasteiger partial charge in [0.05, 0.1) is 19.8 Å². The van der Waals surface area contributed by atoms with Crippen LogP contribution >= 0.6 is 11.6 Å². The first-order chi connectivity index (χ1) is 18.8. The fraction of sp³-hybridized carbons (Fsp3) is 0.357. The molecule has 4 rings (SSSR count). The molecule has 1 aliphatic rings. The van der Waals surface area contributed by atoms with Gasteiger partial charge in [-0.05, 0) is 40.1 Å². The number of carbonyl (C=O) groups is 1. The minimum absolute atomic E-state index is 0.0636. The van der Waals surface area contributed by atoms with Crippen molar-refractivity contribution in [1.29, 1.82) is 0 Å². The van der Waals surface area contributed by atoms with Crippen LogP contribution in [0.1, 0.15) is 11.1 Å². The second kappa shape index (κ2) is 13.7. The zero-order chi connectivity index (χ0) is 27.8. The number of aliphatic hydroxyl groups is 1. The maximum Gasteiger partial charge on any atom is 0.242 e. The minimum atomic E-state index is -1.12. The summed E-state index contributed by atoms with van der Waals surface area (Å²) in [5.41, 5.74) is 12.5. The van der Waals surface area contributed by atoms with Crippen molar-refractivity contribution in [3.8, 4) is 0 Å². The van der Waals surface area contributed by atoms with Crippen molar-refractivity contribution in [3.05, 3.63) is 82.9 Å².